The Balaban J connectivity index is 2.43. The summed E-state index contributed by atoms with van der Waals surface area (Å²) in [6.45, 7) is 1.69. The van der Waals surface area contributed by atoms with E-state index in [0.717, 1.165) is 4.57 Å². The summed E-state index contributed by atoms with van der Waals surface area (Å²) in [6.07, 6.45) is -0.450. The Bertz CT molecular complexity index is 795. The van der Waals surface area contributed by atoms with E-state index in [1.54, 1.807) is 19.1 Å². The number of ether oxygens (including phenoxy) is 1. The number of halogens is 2. The molecular formula is C15H13F2NO3. The maximum atomic E-state index is 14.1. The molecule has 0 saturated carbocycles. The van der Waals surface area contributed by atoms with Gasteiger partial charge in [-0.2, -0.15) is 8.78 Å². The first kappa shape index (κ1) is 13.7. The first-order valence-electron chi connectivity index (χ1n) is 6.69. The normalized spacial score (nSPS) is 16.0. The molecule has 0 saturated heterocycles. The molecule has 0 N–H and O–H groups in total. The van der Waals surface area contributed by atoms with Gasteiger partial charge in [0.1, 0.15) is 5.56 Å². The van der Waals surface area contributed by atoms with Crippen LogP contribution in [0.4, 0.5) is 8.78 Å². The van der Waals surface area contributed by atoms with Gasteiger partial charge in [-0.15, -0.1) is 0 Å². The van der Waals surface area contributed by atoms with Crippen molar-refractivity contribution in [3.63, 3.8) is 0 Å². The number of benzene rings is 1. The molecule has 0 atom stereocenters. The molecule has 0 spiro atoms. The van der Waals surface area contributed by atoms with Gasteiger partial charge in [0.15, 0.2) is 0 Å². The fourth-order valence-electron chi connectivity index (χ4n) is 2.79. The number of pyridine rings is 1. The lowest BCUT2D eigenvalue weighted by Crippen LogP contribution is -2.27. The van der Waals surface area contributed by atoms with Gasteiger partial charge in [0.2, 0.25) is 5.43 Å². The number of nitrogens with zero attached hydrogens (tertiary/aromatic N) is 1. The van der Waals surface area contributed by atoms with Crippen molar-refractivity contribution in [2.45, 2.75) is 25.8 Å². The molecule has 0 amide bonds. The maximum Gasteiger partial charge on any atom is 0.343 e. The fraction of sp³-hybridized carbons (Fsp3) is 0.333. The van der Waals surface area contributed by atoms with E-state index in [1.807, 2.05) is 0 Å². The van der Waals surface area contributed by atoms with Gasteiger partial charge in [0.25, 0.3) is 0 Å². The molecule has 4 nitrogen and oxygen atoms in total. The van der Waals surface area contributed by atoms with Crippen molar-refractivity contribution < 1.29 is 18.3 Å². The summed E-state index contributed by atoms with van der Waals surface area (Å²) in [5, 5.41) is 0.103. The van der Waals surface area contributed by atoms with Crippen molar-refractivity contribution in [1.82, 2.24) is 4.57 Å². The van der Waals surface area contributed by atoms with Crippen LogP contribution in [0.2, 0.25) is 0 Å². The van der Waals surface area contributed by atoms with Gasteiger partial charge in [-0.05, 0) is 25.5 Å². The molecule has 1 aliphatic rings. The van der Waals surface area contributed by atoms with Crippen LogP contribution in [0.15, 0.2) is 29.1 Å². The Morgan fingerprint density at radius 3 is 2.81 bits per heavy atom. The van der Waals surface area contributed by atoms with Crippen molar-refractivity contribution in [2.75, 3.05) is 6.61 Å². The minimum Gasteiger partial charge on any atom is -0.462 e. The second-order valence-electron chi connectivity index (χ2n) is 4.89. The van der Waals surface area contributed by atoms with Crippen molar-refractivity contribution in [3.8, 4) is 0 Å². The number of esters is 1. The molecule has 1 aromatic carbocycles. The third kappa shape index (κ3) is 1.93. The van der Waals surface area contributed by atoms with Crippen LogP contribution in [0.25, 0.3) is 10.9 Å². The highest BCUT2D eigenvalue weighted by Crippen LogP contribution is 2.38. The van der Waals surface area contributed by atoms with Crippen LogP contribution in [0, 0.1) is 0 Å². The zero-order valence-corrected chi connectivity index (χ0v) is 11.4. The van der Waals surface area contributed by atoms with Crippen LogP contribution in [-0.4, -0.2) is 17.1 Å². The molecule has 0 fully saturated rings. The highest BCUT2D eigenvalue weighted by molar-refractivity contribution is 5.95. The lowest BCUT2D eigenvalue weighted by molar-refractivity contribution is -0.0690. The Hall–Kier alpha value is -2.24. The minimum atomic E-state index is -3.11. The molecule has 110 valence electrons. The van der Waals surface area contributed by atoms with Crippen LogP contribution in [0.1, 0.15) is 29.4 Å². The number of rotatable bonds is 2. The topological polar surface area (TPSA) is 48.3 Å². The maximum absolute atomic E-state index is 14.1. The first-order chi connectivity index (χ1) is 9.97. The smallest absolute Gasteiger partial charge is 0.343 e. The number of carbonyl (C=O) groups excluding carboxylic acids is 1. The predicted molar refractivity (Wildman–Crippen MR) is 72.7 cm³/mol. The standard InChI is InChI=1S/C15H13F2NO3/c1-2-21-14(20)12-11-7-8-15(16,17)18(11)10-6-4-3-5-9(10)13(12)19/h3-6H,2,7-8H2,1H3. The van der Waals surface area contributed by atoms with E-state index in [-0.39, 0.29) is 35.2 Å². The molecule has 0 radical (unpaired) electrons. The summed E-state index contributed by atoms with van der Waals surface area (Å²) in [7, 11) is 0. The van der Waals surface area contributed by atoms with Crippen molar-refractivity contribution >= 4 is 16.9 Å². The quantitative estimate of drug-likeness (QED) is 0.800. The number of hydrogen-bond donors (Lipinski definition) is 0. The largest absolute Gasteiger partial charge is 0.462 e. The van der Waals surface area contributed by atoms with Gasteiger partial charge >= 0.3 is 12.0 Å². The van der Waals surface area contributed by atoms with Crippen molar-refractivity contribution in [2.24, 2.45) is 0 Å². The Kier molecular flexibility index (Phi) is 3.04. The number of para-hydroxylation sites is 1. The highest BCUT2D eigenvalue weighted by atomic mass is 19.3. The summed E-state index contributed by atoms with van der Waals surface area (Å²) < 4.78 is 33.9. The van der Waals surface area contributed by atoms with E-state index in [4.69, 9.17) is 4.74 Å². The number of alkyl halides is 2. The SMILES string of the molecule is CCOC(=O)c1c2n(c3ccccc3c1=O)C(F)(F)CC2. The third-order valence-corrected chi connectivity index (χ3v) is 3.64. The summed E-state index contributed by atoms with van der Waals surface area (Å²) in [5.74, 6) is -0.838. The van der Waals surface area contributed by atoms with Crippen LogP contribution < -0.4 is 5.43 Å². The molecule has 0 unspecified atom stereocenters. The molecule has 2 aromatic rings. The van der Waals surface area contributed by atoms with Gasteiger partial charge in [0.05, 0.1) is 12.1 Å². The summed E-state index contributed by atoms with van der Waals surface area (Å²) in [5.41, 5.74) is -0.615. The second-order valence-corrected chi connectivity index (χ2v) is 4.89. The predicted octanol–water partition coefficient (Wildman–Crippen LogP) is 2.67. The van der Waals surface area contributed by atoms with Gasteiger partial charge < -0.3 is 4.74 Å². The van der Waals surface area contributed by atoms with Crippen LogP contribution in [0.5, 0.6) is 0 Å². The number of fused-ring (bicyclic) bond motifs is 3. The number of carbonyl (C=O) groups is 1. The molecule has 1 aromatic heterocycles. The molecular weight excluding hydrogens is 280 g/mol. The fourth-order valence-corrected chi connectivity index (χ4v) is 2.79. The monoisotopic (exact) mass is 293 g/mol. The molecule has 2 heterocycles. The van der Waals surface area contributed by atoms with Gasteiger partial charge in [-0.1, -0.05) is 12.1 Å². The van der Waals surface area contributed by atoms with Crippen LogP contribution in [0.3, 0.4) is 0 Å². The summed E-state index contributed by atoms with van der Waals surface area (Å²) in [6, 6.07) is 2.98. The van der Waals surface area contributed by atoms with E-state index in [9.17, 15) is 18.4 Å². The lowest BCUT2D eigenvalue weighted by atomic mass is 10.1. The molecule has 1 aliphatic heterocycles. The van der Waals surface area contributed by atoms with Crippen LogP contribution >= 0.6 is 0 Å². The Labute approximate surface area is 118 Å². The zero-order valence-electron chi connectivity index (χ0n) is 11.4. The average molecular weight is 293 g/mol. The third-order valence-electron chi connectivity index (χ3n) is 3.64. The van der Waals surface area contributed by atoms with E-state index in [1.165, 1.54) is 12.1 Å². The minimum absolute atomic E-state index is 0.0266. The van der Waals surface area contributed by atoms with Gasteiger partial charge in [-0.3, -0.25) is 9.36 Å². The average Bonchev–Trinajstić information content (AvgIpc) is 2.75. The van der Waals surface area contributed by atoms with Crippen molar-refractivity contribution in [3.05, 3.63) is 45.7 Å². The molecule has 21 heavy (non-hydrogen) atoms. The van der Waals surface area contributed by atoms with E-state index >= 15 is 0 Å². The van der Waals surface area contributed by atoms with Gasteiger partial charge in [-0.25, -0.2) is 4.79 Å². The van der Waals surface area contributed by atoms with E-state index in [0.29, 0.717) is 0 Å². The Morgan fingerprint density at radius 2 is 2.10 bits per heavy atom. The summed E-state index contributed by atoms with van der Waals surface area (Å²) >= 11 is 0. The molecule has 0 bridgehead atoms. The number of hydrogen-bond acceptors (Lipinski definition) is 3. The van der Waals surface area contributed by atoms with E-state index < -0.39 is 23.9 Å². The Morgan fingerprint density at radius 1 is 1.38 bits per heavy atom. The summed E-state index contributed by atoms with van der Waals surface area (Å²) in [4.78, 5) is 24.5. The second kappa shape index (κ2) is 4.65. The van der Waals surface area contributed by atoms with Gasteiger partial charge in [0, 0.05) is 17.5 Å². The highest BCUT2D eigenvalue weighted by Gasteiger charge is 2.42. The number of aromatic nitrogens is 1. The molecule has 3 rings (SSSR count). The van der Waals surface area contributed by atoms with E-state index in [2.05, 4.69) is 0 Å². The lowest BCUT2D eigenvalue weighted by Gasteiger charge is -2.18. The van der Waals surface area contributed by atoms with Crippen LogP contribution in [-0.2, 0) is 17.2 Å². The zero-order chi connectivity index (χ0) is 15.2. The molecule has 0 aliphatic carbocycles. The first-order valence-corrected chi connectivity index (χ1v) is 6.69. The molecule has 6 heteroatoms. The van der Waals surface area contributed by atoms with Crippen molar-refractivity contribution in [1.29, 1.82) is 0 Å².